The van der Waals surface area contributed by atoms with Gasteiger partial charge in [-0.05, 0) is 73.4 Å². The van der Waals surface area contributed by atoms with Gasteiger partial charge in [0.05, 0.1) is 32.1 Å². The number of morpholine rings is 1. The van der Waals surface area contributed by atoms with Crippen LogP contribution in [0.15, 0.2) is 66.7 Å². The van der Waals surface area contributed by atoms with E-state index in [2.05, 4.69) is 46.4 Å². The molecule has 11 heteroatoms. The van der Waals surface area contributed by atoms with Gasteiger partial charge in [0.15, 0.2) is 0 Å². The molecule has 262 valence electrons. The highest BCUT2D eigenvalue weighted by atomic mass is 35.5. The molecule has 2 saturated heterocycles. The van der Waals surface area contributed by atoms with Crippen LogP contribution in [-0.2, 0) is 32.7 Å². The molecule has 3 aliphatic rings. The Labute approximate surface area is 294 Å². The molecular weight excluding hydrogens is 642 g/mol. The summed E-state index contributed by atoms with van der Waals surface area (Å²) in [5.41, 5.74) is 3.72. The Balaban J connectivity index is 1.12. The molecule has 2 amide bonds. The van der Waals surface area contributed by atoms with Gasteiger partial charge in [-0.3, -0.25) is 19.8 Å². The smallest absolute Gasteiger partial charge is 0.245 e. The molecule has 0 radical (unpaired) electrons. The molecule has 0 aromatic heterocycles. The second-order valence-corrected chi connectivity index (χ2v) is 14.0. The number of amides is 2. The molecule has 0 saturated carbocycles. The first-order valence-electron chi connectivity index (χ1n) is 17.3. The monoisotopic (exact) mass is 689 g/mol. The summed E-state index contributed by atoms with van der Waals surface area (Å²) in [6, 6.07) is 20.3. The van der Waals surface area contributed by atoms with Crippen molar-refractivity contribution in [3.05, 3.63) is 88.4 Å². The van der Waals surface area contributed by atoms with Gasteiger partial charge < -0.3 is 29.3 Å². The van der Waals surface area contributed by atoms with Crippen LogP contribution in [0.3, 0.4) is 0 Å². The van der Waals surface area contributed by atoms with Gasteiger partial charge in [0.2, 0.25) is 11.8 Å². The predicted molar refractivity (Wildman–Crippen MR) is 192 cm³/mol. The fourth-order valence-corrected chi connectivity index (χ4v) is 7.21. The summed E-state index contributed by atoms with van der Waals surface area (Å²) in [5.74, 6) is 1.32. The van der Waals surface area contributed by atoms with Crippen molar-refractivity contribution in [3.8, 4) is 11.5 Å². The highest BCUT2D eigenvalue weighted by Crippen LogP contribution is 2.33. The molecule has 0 bridgehead atoms. The number of hydrogen-bond acceptors (Lipinski definition) is 8. The van der Waals surface area contributed by atoms with Gasteiger partial charge in [-0.25, -0.2) is 0 Å². The van der Waals surface area contributed by atoms with E-state index in [-0.39, 0.29) is 11.8 Å². The van der Waals surface area contributed by atoms with Crippen LogP contribution in [0.25, 0.3) is 0 Å². The van der Waals surface area contributed by atoms with Crippen molar-refractivity contribution >= 4 is 29.1 Å². The highest BCUT2D eigenvalue weighted by molar-refractivity contribution is 6.30. The molecule has 0 aliphatic carbocycles. The van der Waals surface area contributed by atoms with Crippen LogP contribution in [0, 0.1) is 0 Å². The van der Waals surface area contributed by atoms with E-state index in [9.17, 15) is 9.59 Å². The largest absolute Gasteiger partial charge is 0.497 e. The molecule has 3 aromatic carbocycles. The summed E-state index contributed by atoms with van der Waals surface area (Å²) in [6.07, 6.45) is 0.860. The molecule has 3 aromatic rings. The molecule has 10 nitrogen and oxygen atoms in total. The number of halogens is 1. The Morgan fingerprint density at radius 2 is 1.73 bits per heavy atom. The van der Waals surface area contributed by atoms with E-state index >= 15 is 0 Å². The normalized spacial score (nSPS) is 19.9. The number of hydrogen-bond donors (Lipinski definition) is 2. The Morgan fingerprint density at radius 1 is 1.00 bits per heavy atom. The number of carbonyl (C=O) groups is 2. The lowest BCUT2D eigenvalue weighted by molar-refractivity contribution is -0.137. The number of rotatable bonds is 11. The SMILES string of the molecule is COc1ccc2c(c1)CC(C(=O)N[C@H](Cc1ccc(Cl)cc1)C(=O)N1CCN(c3ccccc3OCCN3CCOCC3)CC1)NC2(C)C. The minimum absolute atomic E-state index is 0.0878. The first-order valence-corrected chi connectivity index (χ1v) is 17.6. The number of fused-ring (bicyclic) bond motifs is 1. The zero-order valence-corrected chi connectivity index (χ0v) is 29.5. The zero-order chi connectivity index (χ0) is 34.4. The Kier molecular flexibility index (Phi) is 11.3. The first kappa shape index (κ1) is 35.0. The van der Waals surface area contributed by atoms with Gasteiger partial charge in [-0.15, -0.1) is 0 Å². The van der Waals surface area contributed by atoms with Crippen LogP contribution >= 0.6 is 11.6 Å². The van der Waals surface area contributed by atoms with E-state index < -0.39 is 17.6 Å². The van der Waals surface area contributed by atoms with Gasteiger partial charge >= 0.3 is 0 Å². The van der Waals surface area contributed by atoms with Crippen LogP contribution in [-0.4, -0.2) is 106 Å². The molecule has 3 heterocycles. The molecule has 3 aliphatic heterocycles. The molecular formula is C38H48ClN5O5. The molecule has 0 spiro atoms. The number of piperazine rings is 1. The summed E-state index contributed by atoms with van der Waals surface area (Å²) in [5, 5.41) is 7.29. The fourth-order valence-electron chi connectivity index (χ4n) is 7.08. The van der Waals surface area contributed by atoms with Crippen molar-refractivity contribution in [1.29, 1.82) is 0 Å². The van der Waals surface area contributed by atoms with Gasteiger partial charge in [-0.2, -0.15) is 0 Å². The maximum absolute atomic E-state index is 14.2. The van der Waals surface area contributed by atoms with Crippen molar-refractivity contribution in [2.75, 3.05) is 77.6 Å². The van der Waals surface area contributed by atoms with Crippen LogP contribution < -0.4 is 25.0 Å². The van der Waals surface area contributed by atoms with E-state index in [1.54, 1.807) is 7.11 Å². The Morgan fingerprint density at radius 3 is 2.47 bits per heavy atom. The van der Waals surface area contributed by atoms with Crippen molar-refractivity contribution in [3.63, 3.8) is 0 Å². The van der Waals surface area contributed by atoms with Crippen molar-refractivity contribution < 1.29 is 23.8 Å². The van der Waals surface area contributed by atoms with Crippen molar-refractivity contribution in [2.24, 2.45) is 0 Å². The van der Waals surface area contributed by atoms with Crippen LogP contribution in [0.5, 0.6) is 11.5 Å². The number of nitrogens with one attached hydrogen (secondary N) is 2. The average Bonchev–Trinajstić information content (AvgIpc) is 3.12. The topological polar surface area (TPSA) is 95.6 Å². The van der Waals surface area contributed by atoms with E-state index in [4.69, 9.17) is 25.8 Å². The number of ether oxygens (including phenoxy) is 3. The maximum atomic E-state index is 14.2. The van der Waals surface area contributed by atoms with E-state index in [1.807, 2.05) is 59.5 Å². The minimum Gasteiger partial charge on any atom is -0.497 e. The molecule has 2 fully saturated rings. The van der Waals surface area contributed by atoms with Gasteiger partial charge in [0.25, 0.3) is 0 Å². The molecule has 6 rings (SSSR count). The quantitative estimate of drug-likeness (QED) is 0.314. The number of benzene rings is 3. The maximum Gasteiger partial charge on any atom is 0.245 e. The standard InChI is InChI=1S/C38H48ClN5O5/c1-38(2)31-13-12-30(47-3)25-28(31)26-32(41-38)36(45)40-33(24-27-8-10-29(39)11-9-27)37(46)44-16-14-43(15-17-44)34-6-4-5-7-35(34)49-23-20-42-18-21-48-22-19-42/h4-13,25,32-33,41H,14-24,26H2,1-3H3,(H,40,45)/t32?,33-/m1/s1. The third kappa shape index (κ3) is 8.67. The Hall–Kier alpha value is -3.83. The lowest BCUT2D eigenvalue weighted by atomic mass is 9.82. The Bertz CT molecular complexity index is 1590. The number of carbonyl (C=O) groups excluding carboxylic acids is 2. The average molecular weight is 690 g/mol. The highest BCUT2D eigenvalue weighted by Gasteiger charge is 2.38. The van der Waals surface area contributed by atoms with Crippen LogP contribution in [0.2, 0.25) is 5.02 Å². The number of methoxy groups -OCH3 is 1. The summed E-state index contributed by atoms with van der Waals surface area (Å²) in [6.45, 7) is 11.4. The third-order valence-electron chi connectivity index (χ3n) is 9.80. The number of para-hydroxylation sites is 2. The summed E-state index contributed by atoms with van der Waals surface area (Å²) < 4.78 is 17.2. The number of anilines is 1. The van der Waals surface area contributed by atoms with E-state index in [0.29, 0.717) is 50.7 Å². The van der Waals surface area contributed by atoms with Gasteiger partial charge in [-0.1, -0.05) is 41.9 Å². The van der Waals surface area contributed by atoms with Crippen molar-refractivity contribution in [2.45, 2.75) is 44.3 Å². The molecule has 1 unspecified atom stereocenters. The molecule has 49 heavy (non-hydrogen) atoms. The zero-order valence-electron chi connectivity index (χ0n) is 28.8. The second-order valence-electron chi connectivity index (χ2n) is 13.5. The second kappa shape index (κ2) is 15.8. The van der Waals surface area contributed by atoms with Crippen molar-refractivity contribution in [1.82, 2.24) is 20.4 Å². The lowest BCUT2D eigenvalue weighted by Gasteiger charge is -2.40. The fraction of sp³-hybridized carbons (Fsp3) is 0.474. The van der Waals surface area contributed by atoms with Gasteiger partial charge in [0, 0.05) is 62.8 Å². The molecule has 2 atom stereocenters. The molecule has 2 N–H and O–H groups in total. The van der Waals surface area contributed by atoms with Crippen LogP contribution in [0.1, 0.15) is 30.5 Å². The lowest BCUT2D eigenvalue weighted by Crippen LogP contribution is -2.60. The van der Waals surface area contributed by atoms with E-state index in [1.165, 1.54) is 0 Å². The predicted octanol–water partition coefficient (Wildman–Crippen LogP) is 3.89. The number of nitrogens with zero attached hydrogens (tertiary/aromatic N) is 3. The van der Waals surface area contributed by atoms with Crippen LogP contribution in [0.4, 0.5) is 5.69 Å². The van der Waals surface area contributed by atoms with E-state index in [0.717, 1.165) is 66.7 Å². The minimum atomic E-state index is -0.729. The summed E-state index contributed by atoms with van der Waals surface area (Å²) in [4.78, 5) is 34.6. The first-order chi connectivity index (χ1) is 23.7. The third-order valence-corrected chi connectivity index (χ3v) is 10.0. The summed E-state index contributed by atoms with van der Waals surface area (Å²) in [7, 11) is 1.64. The summed E-state index contributed by atoms with van der Waals surface area (Å²) >= 11 is 6.16. The van der Waals surface area contributed by atoms with Gasteiger partial charge in [0.1, 0.15) is 24.1 Å².